The molecule has 2 saturated carbocycles. The maximum Gasteiger partial charge on any atom is 0.114 e. The van der Waals surface area contributed by atoms with Crippen molar-refractivity contribution < 1.29 is 0 Å². The summed E-state index contributed by atoms with van der Waals surface area (Å²) in [7, 11) is 0. The lowest BCUT2D eigenvalue weighted by Crippen LogP contribution is -2.37. The molecule has 18 heavy (non-hydrogen) atoms. The molecule has 0 saturated heterocycles. The van der Waals surface area contributed by atoms with Crippen molar-refractivity contribution in [3.05, 3.63) is 0 Å². The molecule has 2 aliphatic carbocycles. The Labute approximate surface area is 112 Å². The first-order chi connectivity index (χ1) is 8.90. The van der Waals surface area contributed by atoms with Gasteiger partial charge < -0.3 is 5.43 Å². The molecule has 0 unspecified atom stereocenters. The molecule has 0 aromatic carbocycles. The number of amidine groups is 1. The molecule has 2 aliphatic rings. The molecule has 0 spiro atoms. The molecular weight excluding hydrogens is 222 g/mol. The van der Waals surface area contributed by atoms with Gasteiger partial charge >= 0.3 is 0 Å². The summed E-state index contributed by atoms with van der Waals surface area (Å²) in [4.78, 5) is 4.96. The molecule has 0 atom stereocenters. The molecule has 2 rings (SSSR count). The van der Waals surface area contributed by atoms with Crippen molar-refractivity contribution in [1.82, 2.24) is 5.43 Å². The van der Waals surface area contributed by atoms with Gasteiger partial charge in [0, 0.05) is 5.92 Å². The molecule has 0 bridgehead atoms. The maximum atomic E-state index is 5.73. The zero-order valence-electron chi connectivity index (χ0n) is 11.7. The molecule has 0 radical (unpaired) electrons. The summed E-state index contributed by atoms with van der Waals surface area (Å²) in [6, 6.07) is 0.529. The standard InChI is InChI=1S/C15H29N3/c16-18-15(13-9-5-1-2-6-10-13)17-14-11-7-3-4-8-12-14/h13-14H,1-12,16H2,(H,17,18). The minimum absolute atomic E-state index is 0.529. The predicted octanol–water partition coefficient (Wildman–Crippen LogP) is 3.54. The molecule has 3 heteroatoms. The van der Waals surface area contributed by atoms with Crippen molar-refractivity contribution in [1.29, 1.82) is 0 Å². The first-order valence-electron chi connectivity index (χ1n) is 7.94. The predicted molar refractivity (Wildman–Crippen MR) is 77.4 cm³/mol. The van der Waals surface area contributed by atoms with Gasteiger partial charge in [-0.2, -0.15) is 0 Å². The highest BCUT2D eigenvalue weighted by Gasteiger charge is 2.19. The van der Waals surface area contributed by atoms with Crippen molar-refractivity contribution in [2.75, 3.05) is 0 Å². The molecule has 0 aliphatic heterocycles. The van der Waals surface area contributed by atoms with E-state index in [0.29, 0.717) is 12.0 Å². The summed E-state index contributed by atoms with van der Waals surface area (Å²) >= 11 is 0. The smallest absolute Gasteiger partial charge is 0.114 e. The SMILES string of the molecule is NNC(=NC1CCCCCC1)C1CCCCCC1. The molecule has 2 fully saturated rings. The van der Waals surface area contributed by atoms with E-state index in [2.05, 4.69) is 5.43 Å². The van der Waals surface area contributed by atoms with Gasteiger partial charge in [0.1, 0.15) is 5.84 Å². The van der Waals surface area contributed by atoms with Crippen LogP contribution < -0.4 is 11.3 Å². The van der Waals surface area contributed by atoms with E-state index in [-0.39, 0.29) is 0 Å². The van der Waals surface area contributed by atoms with Crippen LogP contribution in [0.4, 0.5) is 0 Å². The topological polar surface area (TPSA) is 50.4 Å². The summed E-state index contributed by atoms with van der Waals surface area (Å²) in [5.41, 5.74) is 2.92. The lowest BCUT2D eigenvalue weighted by atomic mass is 9.98. The Bertz CT molecular complexity index is 246. The fourth-order valence-electron chi connectivity index (χ4n) is 3.40. The first-order valence-corrected chi connectivity index (χ1v) is 7.94. The van der Waals surface area contributed by atoms with Crippen LogP contribution in [-0.4, -0.2) is 11.9 Å². The molecule has 104 valence electrons. The fourth-order valence-corrected chi connectivity index (χ4v) is 3.40. The van der Waals surface area contributed by atoms with Crippen LogP contribution in [0.25, 0.3) is 0 Å². The highest BCUT2D eigenvalue weighted by Crippen LogP contribution is 2.25. The van der Waals surface area contributed by atoms with E-state index in [4.69, 9.17) is 10.8 Å². The van der Waals surface area contributed by atoms with Crippen molar-refractivity contribution in [3.63, 3.8) is 0 Å². The van der Waals surface area contributed by atoms with Crippen molar-refractivity contribution in [2.24, 2.45) is 16.8 Å². The summed E-state index contributed by atoms with van der Waals surface area (Å²) in [6.45, 7) is 0. The number of rotatable bonds is 2. The number of aliphatic imine (C=N–C) groups is 1. The van der Waals surface area contributed by atoms with Crippen molar-refractivity contribution in [3.8, 4) is 0 Å². The normalized spacial score (nSPS) is 25.5. The Morgan fingerprint density at radius 1 is 0.778 bits per heavy atom. The minimum Gasteiger partial charge on any atom is -0.312 e. The van der Waals surface area contributed by atoms with Crippen LogP contribution in [0.1, 0.15) is 77.0 Å². The summed E-state index contributed by atoms with van der Waals surface area (Å²) < 4.78 is 0. The molecule has 0 aromatic heterocycles. The van der Waals surface area contributed by atoms with Gasteiger partial charge in [0.15, 0.2) is 0 Å². The second-order valence-electron chi connectivity index (χ2n) is 5.99. The second-order valence-corrected chi connectivity index (χ2v) is 5.99. The molecule has 3 nitrogen and oxygen atoms in total. The third-order valence-electron chi connectivity index (χ3n) is 4.54. The minimum atomic E-state index is 0.529. The number of nitrogens with one attached hydrogen (secondary N) is 1. The third-order valence-corrected chi connectivity index (χ3v) is 4.54. The van der Waals surface area contributed by atoms with Crippen LogP contribution in [0.15, 0.2) is 4.99 Å². The van der Waals surface area contributed by atoms with Crippen LogP contribution in [0.2, 0.25) is 0 Å². The van der Waals surface area contributed by atoms with Gasteiger partial charge in [-0.1, -0.05) is 51.4 Å². The van der Waals surface area contributed by atoms with E-state index in [1.807, 2.05) is 0 Å². The molecular formula is C15H29N3. The van der Waals surface area contributed by atoms with Gasteiger partial charge in [-0.15, -0.1) is 0 Å². The number of hydrazine groups is 1. The Kier molecular flexibility index (Phi) is 5.98. The van der Waals surface area contributed by atoms with Crippen LogP contribution in [0, 0.1) is 5.92 Å². The summed E-state index contributed by atoms with van der Waals surface area (Å²) in [5, 5.41) is 0. The maximum absolute atomic E-state index is 5.73. The number of hydrogen-bond acceptors (Lipinski definition) is 2. The highest BCUT2D eigenvalue weighted by molar-refractivity contribution is 5.84. The van der Waals surface area contributed by atoms with Crippen LogP contribution in [-0.2, 0) is 0 Å². The summed E-state index contributed by atoms with van der Waals surface area (Å²) in [5.74, 6) is 7.43. The average molecular weight is 251 g/mol. The Hall–Kier alpha value is -0.570. The van der Waals surface area contributed by atoms with Gasteiger partial charge in [0.05, 0.1) is 6.04 Å². The zero-order valence-corrected chi connectivity index (χ0v) is 11.7. The van der Waals surface area contributed by atoms with E-state index in [0.717, 1.165) is 5.84 Å². The Morgan fingerprint density at radius 2 is 1.28 bits per heavy atom. The molecule has 0 heterocycles. The average Bonchev–Trinajstić information content (AvgIpc) is 2.80. The highest BCUT2D eigenvalue weighted by atomic mass is 15.3. The molecule has 3 N–H and O–H groups in total. The fraction of sp³-hybridized carbons (Fsp3) is 0.933. The molecule has 0 amide bonds. The zero-order chi connectivity index (χ0) is 12.6. The van der Waals surface area contributed by atoms with Gasteiger partial charge in [-0.25, -0.2) is 5.84 Å². The largest absolute Gasteiger partial charge is 0.312 e. The quantitative estimate of drug-likeness (QED) is 0.259. The monoisotopic (exact) mass is 251 g/mol. The third kappa shape index (κ3) is 4.27. The van der Waals surface area contributed by atoms with Gasteiger partial charge in [-0.05, 0) is 25.7 Å². The van der Waals surface area contributed by atoms with E-state index >= 15 is 0 Å². The summed E-state index contributed by atoms with van der Waals surface area (Å²) in [6.07, 6.45) is 16.0. The molecule has 0 aromatic rings. The van der Waals surface area contributed by atoms with Crippen LogP contribution >= 0.6 is 0 Å². The number of hydrogen-bond donors (Lipinski definition) is 2. The van der Waals surface area contributed by atoms with Gasteiger partial charge in [0.25, 0.3) is 0 Å². The van der Waals surface area contributed by atoms with Crippen LogP contribution in [0.3, 0.4) is 0 Å². The second kappa shape index (κ2) is 7.78. The van der Waals surface area contributed by atoms with Gasteiger partial charge in [0.2, 0.25) is 0 Å². The van der Waals surface area contributed by atoms with E-state index in [1.165, 1.54) is 77.0 Å². The Balaban J connectivity index is 1.96. The van der Waals surface area contributed by atoms with Crippen LogP contribution in [0.5, 0.6) is 0 Å². The van der Waals surface area contributed by atoms with Crippen molar-refractivity contribution >= 4 is 5.84 Å². The Morgan fingerprint density at radius 3 is 1.78 bits per heavy atom. The number of nitrogens with zero attached hydrogens (tertiary/aromatic N) is 1. The lowest BCUT2D eigenvalue weighted by Gasteiger charge is -2.19. The van der Waals surface area contributed by atoms with Crippen molar-refractivity contribution in [2.45, 2.75) is 83.1 Å². The van der Waals surface area contributed by atoms with E-state index in [9.17, 15) is 0 Å². The van der Waals surface area contributed by atoms with E-state index < -0.39 is 0 Å². The number of nitrogens with two attached hydrogens (primary N) is 1. The first kappa shape index (κ1) is 13.9. The lowest BCUT2D eigenvalue weighted by molar-refractivity contribution is 0.542. The van der Waals surface area contributed by atoms with E-state index in [1.54, 1.807) is 0 Å². The van der Waals surface area contributed by atoms with Gasteiger partial charge in [-0.3, -0.25) is 4.99 Å².